The largest absolute Gasteiger partial charge is 0.369 e. The molecule has 0 radical (unpaired) electrons. The maximum Gasteiger partial charge on any atom is 0.165 e. The Morgan fingerprint density at radius 1 is 1.03 bits per heavy atom. The second-order valence-corrected chi connectivity index (χ2v) is 9.97. The molecule has 7 heteroatoms. The highest BCUT2D eigenvalue weighted by atomic mass is 15.3. The Bertz CT molecular complexity index is 1070. The molecule has 1 N–H and O–H groups in total. The highest BCUT2D eigenvalue weighted by molar-refractivity contribution is 5.83. The Hall–Kier alpha value is -2.67. The zero-order valence-corrected chi connectivity index (χ0v) is 20.4. The van der Waals surface area contributed by atoms with Gasteiger partial charge in [0, 0.05) is 50.9 Å². The van der Waals surface area contributed by atoms with Gasteiger partial charge in [-0.3, -0.25) is 4.90 Å². The van der Waals surface area contributed by atoms with Gasteiger partial charge in [0.05, 0.1) is 0 Å². The Balaban J connectivity index is 1.29. The lowest BCUT2D eigenvalue weighted by atomic mass is 9.96. The van der Waals surface area contributed by atoms with E-state index in [4.69, 9.17) is 4.98 Å². The minimum absolute atomic E-state index is 0.0359. The maximum atomic E-state index is 4.86. The van der Waals surface area contributed by atoms with Gasteiger partial charge in [-0.05, 0) is 44.0 Å². The fourth-order valence-electron chi connectivity index (χ4n) is 4.60. The summed E-state index contributed by atoms with van der Waals surface area (Å²) in [6, 6.07) is 6.63. The van der Waals surface area contributed by atoms with Crippen LogP contribution in [-0.4, -0.2) is 63.7 Å². The van der Waals surface area contributed by atoms with Gasteiger partial charge in [-0.15, -0.1) is 0 Å². The quantitative estimate of drug-likeness (QED) is 0.593. The van der Waals surface area contributed by atoms with Crippen LogP contribution in [0.1, 0.15) is 44.1 Å². The number of rotatable bonds is 6. The Morgan fingerprint density at radius 2 is 1.78 bits per heavy atom. The van der Waals surface area contributed by atoms with Gasteiger partial charge in [0.15, 0.2) is 17.0 Å². The third-order valence-electron chi connectivity index (χ3n) is 6.56. The normalized spacial score (nSPS) is 15.5. The molecule has 1 aliphatic heterocycles. The van der Waals surface area contributed by atoms with Crippen molar-refractivity contribution < 1.29 is 0 Å². The van der Waals surface area contributed by atoms with Gasteiger partial charge >= 0.3 is 0 Å². The maximum absolute atomic E-state index is 4.86. The van der Waals surface area contributed by atoms with E-state index < -0.39 is 0 Å². The van der Waals surface area contributed by atoms with Crippen molar-refractivity contribution >= 4 is 22.7 Å². The molecule has 3 heterocycles. The topological polar surface area (TPSA) is 62.1 Å². The molecule has 0 saturated carbocycles. The molecule has 172 valence electrons. The van der Waals surface area contributed by atoms with Crippen molar-refractivity contribution in [3.05, 3.63) is 41.5 Å². The van der Waals surface area contributed by atoms with Crippen LogP contribution < -0.4 is 10.2 Å². The first-order valence-corrected chi connectivity index (χ1v) is 11.7. The van der Waals surface area contributed by atoms with Gasteiger partial charge in [0.25, 0.3) is 0 Å². The number of piperazine rings is 1. The van der Waals surface area contributed by atoms with Crippen LogP contribution in [0.25, 0.3) is 11.2 Å². The zero-order chi connectivity index (χ0) is 22.9. The van der Waals surface area contributed by atoms with Crippen molar-refractivity contribution in [2.75, 3.05) is 49.5 Å². The van der Waals surface area contributed by atoms with Crippen molar-refractivity contribution in [1.29, 1.82) is 0 Å². The van der Waals surface area contributed by atoms with Gasteiger partial charge in [-0.1, -0.05) is 32.9 Å². The van der Waals surface area contributed by atoms with Gasteiger partial charge in [-0.2, -0.15) is 0 Å². The van der Waals surface area contributed by atoms with E-state index in [1.54, 1.807) is 6.33 Å². The summed E-state index contributed by atoms with van der Waals surface area (Å²) in [4.78, 5) is 18.9. The smallest absolute Gasteiger partial charge is 0.165 e. The average Bonchev–Trinajstić information content (AvgIpc) is 3.12. The summed E-state index contributed by atoms with van der Waals surface area (Å²) in [5.41, 5.74) is 5.88. The first kappa shape index (κ1) is 22.5. The summed E-state index contributed by atoms with van der Waals surface area (Å²) < 4.78 is 2.08. The summed E-state index contributed by atoms with van der Waals surface area (Å²) in [5, 5.41) is 3.50. The third-order valence-corrected chi connectivity index (χ3v) is 6.56. The molecule has 0 spiro atoms. The van der Waals surface area contributed by atoms with E-state index in [0.29, 0.717) is 0 Å². The van der Waals surface area contributed by atoms with Crippen LogP contribution in [0.2, 0.25) is 0 Å². The van der Waals surface area contributed by atoms with Crippen molar-refractivity contribution in [3.63, 3.8) is 0 Å². The van der Waals surface area contributed by atoms with Crippen LogP contribution in [-0.2, 0) is 12.5 Å². The predicted molar refractivity (Wildman–Crippen MR) is 133 cm³/mol. The summed E-state index contributed by atoms with van der Waals surface area (Å²) >= 11 is 0. The number of aryl methyl sites for hydroxylation is 2. The van der Waals surface area contributed by atoms with E-state index in [2.05, 4.69) is 82.5 Å². The van der Waals surface area contributed by atoms with Crippen molar-refractivity contribution in [1.82, 2.24) is 24.4 Å². The van der Waals surface area contributed by atoms with E-state index in [0.717, 1.165) is 68.5 Å². The summed E-state index contributed by atoms with van der Waals surface area (Å²) in [6.45, 7) is 17.3. The molecule has 0 amide bonds. The molecule has 0 bridgehead atoms. The average molecular weight is 436 g/mol. The number of hydrogen-bond acceptors (Lipinski definition) is 6. The second-order valence-electron chi connectivity index (χ2n) is 9.97. The standard InChI is InChI=1S/C25H37N7/c1-18-9-7-10-20(19(18)2)32-15-13-31(14-16-32)12-8-11-26-22-21-23(28-17-27-22)30(6)24(29-21)25(3,4)5/h7,9-10,17H,8,11-16H2,1-6H3,(H,26,27,28). The van der Waals surface area contributed by atoms with Gasteiger partial charge in [0.1, 0.15) is 12.2 Å². The van der Waals surface area contributed by atoms with Crippen LogP contribution in [0.5, 0.6) is 0 Å². The SMILES string of the molecule is Cc1cccc(N2CCN(CCCNc3ncnc4c3nc(C(C)(C)C)n4C)CC2)c1C. The van der Waals surface area contributed by atoms with E-state index in [-0.39, 0.29) is 5.41 Å². The summed E-state index contributed by atoms with van der Waals surface area (Å²) in [5.74, 6) is 1.86. The van der Waals surface area contributed by atoms with Crippen LogP contribution in [0.4, 0.5) is 11.5 Å². The second kappa shape index (κ2) is 9.06. The number of anilines is 2. The van der Waals surface area contributed by atoms with Crippen molar-refractivity contribution in [2.24, 2.45) is 7.05 Å². The molecule has 1 saturated heterocycles. The molecule has 0 aliphatic carbocycles. The van der Waals surface area contributed by atoms with Crippen molar-refractivity contribution in [2.45, 2.75) is 46.5 Å². The lowest BCUT2D eigenvalue weighted by Crippen LogP contribution is -2.47. The summed E-state index contributed by atoms with van der Waals surface area (Å²) in [7, 11) is 2.03. The minimum atomic E-state index is -0.0359. The molecular weight excluding hydrogens is 398 g/mol. The number of fused-ring (bicyclic) bond motifs is 1. The van der Waals surface area contributed by atoms with E-state index >= 15 is 0 Å². The molecule has 1 aliphatic rings. The third kappa shape index (κ3) is 4.58. The summed E-state index contributed by atoms with van der Waals surface area (Å²) in [6.07, 6.45) is 2.71. The van der Waals surface area contributed by atoms with Gasteiger partial charge in [-0.25, -0.2) is 15.0 Å². The molecule has 2 aromatic heterocycles. The van der Waals surface area contributed by atoms with Crippen LogP contribution in [0, 0.1) is 13.8 Å². The van der Waals surface area contributed by atoms with E-state index in [1.165, 1.54) is 16.8 Å². The predicted octanol–water partition coefficient (Wildman–Crippen LogP) is 3.90. The Morgan fingerprint density at radius 3 is 2.50 bits per heavy atom. The molecule has 7 nitrogen and oxygen atoms in total. The first-order valence-electron chi connectivity index (χ1n) is 11.7. The Labute approximate surface area is 191 Å². The molecule has 32 heavy (non-hydrogen) atoms. The van der Waals surface area contributed by atoms with Crippen LogP contribution >= 0.6 is 0 Å². The minimum Gasteiger partial charge on any atom is -0.369 e. The molecular formula is C25H37N7. The number of imidazole rings is 1. The van der Waals surface area contributed by atoms with Gasteiger partial charge in [0.2, 0.25) is 0 Å². The molecule has 4 rings (SSSR count). The molecule has 1 fully saturated rings. The molecule has 1 aromatic carbocycles. The highest BCUT2D eigenvalue weighted by Gasteiger charge is 2.23. The van der Waals surface area contributed by atoms with E-state index in [9.17, 15) is 0 Å². The monoisotopic (exact) mass is 435 g/mol. The zero-order valence-electron chi connectivity index (χ0n) is 20.4. The van der Waals surface area contributed by atoms with E-state index in [1.807, 2.05) is 7.05 Å². The molecule has 0 atom stereocenters. The first-order chi connectivity index (χ1) is 15.3. The lowest BCUT2D eigenvalue weighted by molar-refractivity contribution is 0.257. The number of benzene rings is 1. The van der Waals surface area contributed by atoms with Crippen molar-refractivity contribution in [3.8, 4) is 0 Å². The molecule has 0 unspecified atom stereocenters. The van der Waals surface area contributed by atoms with Gasteiger partial charge < -0.3 is 14.8 Å². The number of nitrogens with zero attached hydrogens (tertiary/aromatic N) is 6. The lowest BCUT2D eigenvalue weighted by Gasteiger charge is -2.37. The highest BCUT2D eigenvalue weighted by Crippen LogP contribution is 2.27. The number of nitrogens with one attached hydrogen (secondary N) is 1. The number of aromatic nitrogens is 4. The number of hydrogen-bond donors (Lipinski definition) is 1. The van der Waals surface area contributed by atoms with Crippen LogP contribution in [0.15, 0.2) is 24.5 Å². The van der Waals surface area contributed by atoms with Crippen LogP contribution in [0.3, 0.4) is 0 Å². The molecule has 3 aromatic rings. The Kier molecular flexibility index (Phi) is 6.38. The fourth-order valence-corrected chi connectivity index (χ4v) is 4.60. The fraction of sp³-hybridized carbons (Fsp3) is 0.560.